The van der Waals surface area contributed by atoms with Crippen molar-refractivity contribution < 1.29 is 32.3 Å². The smallest absolute Gasteiger partial charge is 0.351 e. The lowest BCUT2D eigenvalue weighted by atomic mass is 9.77. The van der Waals surface area contributed by atoms with Crippen molar-refractivity contribution in [3.05, 3.63) is 0 Å². The van der Waals surface area contributed by atoms with Crippen molar-refractivity contribution in [3.8, 4) is 6.07 Å². The Hall–Kier alpha value is -2.42. The molecule has 4 unspecified atom stereocenters. The Balaban J connectivity index is 3.07. The van der Waals surface area contributed by atoms with E-state index in [2.05, 4.69) is 16.0 Å². The summed E-state index contributed by atoms with van der Waals surface area (Å²) in [6.45, 7) is 14.2. The van der Waals surface area contributed by atoms with Crippen LogP contribution < -0.4 is 16.0 Å². The maximum Gasteiger partial charge on any atom is 0.449 e. The average molecular weight is 533 g/mol. The number of Topliss-reactive ketones (excluding diaryl/α,β-unsaturated/α-hetero) is 1. The third-order valence-electron chi connectivity index (χ3n) is 6.10. The molecule has 8 nitrogen and oxygen atoms in total. The number of nitriles is 1. The van der Waals surface area contributed by atoms with Gasteiger partial charge in [0.05, 0.1) is 12.0 Å². The highest BCUT2D eigenvalue weighted by atomic mass is 28.3. The molecule has 0 aromatic heterocycles. The van der Waals surface area contributed by atoms with Gasteiger partial charge < -0.3 is 16.0 Å². The second-order valence-corrected chi connectivity index (χ2v) is 18.1. The number of hydrogen-bond donors (Lipinski definition) is 3. The van der Waals surface area contributed by atoms with E-state index in [9.17, 15) is 37.6 Å². The molecule has 1 saturated heterocycles. The Labute approximate surface area is 212 Å². The summed E-state index contributed by atoms with van der Waals surface area (Å²) in [4.78, 5) is 50.1. The van der Waals surface area contributed by atoms with E-state index in [0.29, 0.717) is 6.42 Å². The minimum atomic E-state index is -5.07. The molecule has 1 aliphatic rings. The van der Waals surface area contributed by atoms with Crippen molar-refractivity contribution in [2.24, 2.45) is 17.3 Å². The van der Waals surface area contributed by atoms with Crippen molar-refractivity contribution in [2.45, 2.75) is 103 Å². The summed E-state index contributed by atoms with van der Waals surface area (Å²) >= 11 is 0. The van der Waals surface area contributed by atoms with Crippen molar-refractivity contribution in [3.63, 3.8) is 0 Å². The van der Waals surface area contributed by atoms with E-state index in [1.54, 1.807) is 20.8 Å². The molecule has 204 valence electrons. The minimum Gasteiger partial charge on any atom is -0.351 e. The number of rotatable bonds is 10. The van der Waals surface area contributed by atoms with Gasteiger partial charge in [0, 0.05) is 26.0 Å². The molecule has 0 aromatic carbocycles. The van der Waals surface area contributed by atoms with E-state index in [-0.39, 0.29) is 18.4 Å². The predicted octanol–water partition coefficient (Wildman–Crippen LogP) is 3.31. The zero-order valence-corrected chi connectivity index (χ0v) is 23.4. The molecule has 3 amide bonds. The fourth-order valence-electron chi connectivity index (χ4n) is 4.27. The average Bonchev–Trinajstić information content (AvgIpc) is 2.92. The highest BCUT2D eigenvalue weighted by Gasteiger charge is 2.44. The molecule has 1 rings (SSSR count). The molecule has 4 atom stereocenters. The molecule has 0 radical (unpaired) electrons. The van der Waals surface area contributed by atoms with Crippen LogP contribution >= 0.6 is 0 Å². The van der Waals surface area contributed by atoms with Crippen LogP contribution in [0.3, 0.4) is 0 Å². The largest absolute Gasteiger partial charge is 0.449 e. The molecule has 12 heteroatoms. The van der Waals surface area contributed by atoms with E-state index in [1.165, 1.54) is 0 Å². The summed E-state index contributed by atoms with van der Waals surface area (Å²) in [5, 5.41) is 17.6. The number of amides is 3. The first-order valence-corrected chi connectivity index (χ1v) is 15.7. The summed E-state index contributed by atoms with van der Waals surface area (Å²) < 4.78 is 38.7. The summed E-state index contributed by atoms with van der Waals surface area (Å²) in [5.74, 6) is -5.48. The number of hydrogen-bond acceptors (Lipinski definition) is 5. The highest BCUT2D eigenvalue weighted by molar-refractivity contribution is 6.76. The van der Waals surface area contributed by atoms with E-state index in [4.69, 9.17) is 0 Å². The first kappa shape index (κ1) is 31.6. The van der Waals surface area contributed by atoms with Crippen LogP contribution in [0.5, 0.6) is 0 Å². The number of carbonyl (C=O) groups is 4. The predicted molar refractivity (Wildman–Crippen MR) is 131 cm³/mol. The van der Waals surface area contributed by atoms with Crippen LogP contribution in [0.2, 0.25) is 25.7 Å². The van der Waals surface area contributed by atoms with Crippen LogP contribution in [0.25, 0.3) is 0 Å². The summed E-state index contributed by atoms with van der Waals surface area (Å²) in [6, 6.07) is 0.163. The van der Waals surface area contributed by atoms with Gasteiger partial charge in [-0.15, -0.1) is 0 Å². The van der Waals surface area contributed by atoms with Gasteiger partial charge in [-0.25, -0.2) is 0 Å². The molecule has 0 bridgehead atoms. The molecule has 1 fully saturated rings. The second kappa shape index (κ2) is 11.3. The van der Waals surface area contributed by atoms with E-state index in [0.717, 1.165) is 0 Å². The molecular formula is C24H39F3N4O4Si. The van der Waals surface area contributed by atoms with Crippen molar-refractivity contribution in [2.75, 3.05) is 0 Å². The van der Waals surface area contributed by atoms with Gasteiger partial charge in [-0.05, 0) is 38.1 Å². The van der Waals surface area contributed by atoms with Crippen molar-refractivity contribution >= 4 is 31.6 Å². The topological polar surface area (TPSA) is 128 Å². The van der Waals surface area contributed by atoms with Gasteiger partial charge in [0.15, 0.2) is 0 Å². The molecule has 1 heterocycles. The molecule has 1 aliphatic heterocycles. The van der Waals surface area contributed by atoms with Gasteiger partial charge in [-0.2, -0.15) is 18.4 Å². The maximum absolute atomic E-state index is 13.2. The Bertz CT molecular complexity index is 901. The minimum absolute atomic E-state index is 0.0931. The Kier molecular flexibility index (Phi) is 9.94. The number of carbonyl (C=O) groups excluding carboxylic acids is 4. The summed E-state index contributed by atoms with van der Waals surface area (Å²) in [6.07, 6.45) is -5.52. The highest BCUT2D eigenvalue weighted by Crippen LogP contribution is 2.33. The Morgan fingerprint density at radius 3 is 2.08 bits per heavy atom. The maximum atomic E-state index is 13.2. The van der Waals surface area contributed by atoms with Crippen LogP contribution in [0.4, 0.5) is 13.2 Å². The van der Waals surface area contributed by atoms with Crippen molar-refractivity contribution in [1.82, 2.24) is 16.0 Å². The van der Waals surface area contributed by atoms with Crippen LogP contribution in [0.15, 0.2) is 0 Å². The monoisotopic (exact) mass is 532 g/mol. The lowest BCUT2D eigenvalue weighted by molar-refractivity contribution is -0.173. The van der Waals surface area contributed by atoms with Gasteiger partial charge in [0.25, 0.3) is 0 Å². The lowest BCUT2D eigenvalue weighted by Crippen LogP contribution is -2.54. The summed E-state index contributed by atoms with van der Waals surface area (Å²) in [7, 11) is -1.99. The van der Waals surface area contributed by atoms with Gasteiger partial charge in [-0.3, -0.25) is 19.2 Å². The number of halogens is 3. The molecule has 0 aromatic rings. The van der Waals surface area contributed by atoms with Crippen LogP contribution in [0.1, 0.15) is 53.9 Å². The van der Waals surface area contributed by atoms with E-state index >= 15 is 0 Å². The van der Waals surface area contributed by atoms with E-state index in [1.807, 2.05) is 39.6 Å². The lowest BCUT2D eigenvalue weighted by Gasteiger charge is -2.32. The zero-order chi connectivity index (χ0) is 28.3. The standard InChI is InChI=1S/C24H39F3N4O4Si/c1-22(2,3)16(10-18(32)24(25,26)27)20(34)30-17(13-36(6,7)8)21(35)29-15(12-28)9-14-11-23(4,5)31-19(14)33/h14-17H,9-11,13H2,1-8H3,(H,29,35)(H,30,34)(H,31,33). The first-order valence-electron chi connectivity index (χ1n) is 12.0. The fourth-order valence-corrected chi connectivity index (χ4v) is 5.79. The number of nitrogens with one attached hydrogen (secondary N) is 3. The quantitative estimate of drug-likeness (QED) is 0.372. The molecule has 36 heavy (non-hydrogen) atoms. The van der Waals surface area contributed by atoms with Crippen molar-refractivity contribution in [1.29, 1.82) is 5.26 Å². The third-order valence-corrected chi connectivity index (χ3v) is 7.73. The summed E-state index contributed by atoms with van der Waals surface area (Å²) in [5.41, 5.74) is -1.40. The Morgan fingerprint density at radius 2 is 1.69 bits per heavy atom. The van der Waals surface area contributed by atoms with Gasteiger partial charge in [-0.1, -0.05) is 40.4 Å². The van der Waals surface area contributed by atoms with Crippen LogP contribution in [-0.2, 0) is 19.2 Å². The SMILES string of the molecule is CC1(C)CC(CC(C#N)NC(=O)C(C[Si](C)(C)C)NC(=O)C(CC(=O)C(F)(F)F)C(C)(C)C)C(=O)N1. The van der Waals surface area contributed by atoms with Gasteiger partial charge in [0.2, 0.25) is 23.5 Å². The molecular weight excluding hydrogens is 493 g/mol. The van der Waals surface area contributed by atoms with Gasteiger partial charge >= 0.3 is 6.18 Å². The zero-order valence-electron chi connectivity index (χ0n) is 22.4. The van der Waals surface area contributed by atoms with Gasteiger partial charge in [0.1, 0.15) is 12.1 Å². The third kappa shape index (κ3) is 9.91. The fraction of sp³-hybridized carbons (Fsp3) is 0.792. The molecule has 0 spiro atoms. The molecule has 0 saturated carbocycles. The first-order chi connectivity index (χ1) is 16.1. The molecule has 0 aliphatic carbocycles. The molecule has 3 N–H and O–H groups in total. The van der Waals surface area contributed by atoms with Crippen LogP contribution in [-0.4, -0.2) is 55.4 Å². The second-order valence-electron chi connectivity index (χ2n) is 12.6. The van der Waals surface area contributed by atoms with E-state index < -0.39 is 73.1 Å². The van der Waals surface area contributed by atoms with Crippen LogP contribution in [0, 0.1) is 28.6 Å². The Morgan fingerprint density at radius 1 is 1.14 bits per heavy atom. The number of nitrogens with zero attached hydrogens (tertiary/aromatic N) is 1. The normalized spacial score (nSPS) is 20.5. The number of alkyl halides is 3. The number of ketones is 1.